The Bertz CT molecular complexity index is 1040. The minimum atomic E-state index is -3.82. The largest absolute Gasteiger partial charge is 0.490 e. The molecule has 2 heterocycles. The number of carbonyl (C=O) groups excluding carboxylic acids is 1. The van der Waals surface area contributed by atoms with Crippen LogP contribution >= 0.6 is 11.6 Å². The Labute approximate surface area is 173 Å². The van der Waals surface area contributed by atoms with E-state index in [1.54, 1.807) is 24.0 Å². The third kappa shape index (κ3) is 5.81. The molecule has 8 nitrogen and oxygen atoms in total. The van der Waals surface area contributed by atoms with Crippen molar-refractivity contribution < 1.29 is 22.4 Å². The standard InChI is InChI=1S/C19H21ClN2O6S/c1-13-9-16(11-19(24)27-13)28-15-5-7-22(8-6-15)18(23)12-21-29(25,26)17-4-2-3-14(20)10-17/h2-4,9-11,15,21H,5-8,12H2,1H3. The zero-order valence-corrected chi connectivity index (χ0v) is 17.3. The summed E-state index contributed by atoms with van der Waals surface area (Å²) in [4.78, 5) is 25.4. The van der Waals surface area contributed by atoms with Crippen molar-refractivity contribution in [3.63, 3.8) is 0 Å². The van der Waals surface area contributed by atoms with E-state index >= 15 is 0 Å². The smallest absolute Gasteiger partial charge is 0.339 e. The number of halogens is 1. The third-order valence-electron chi connectivity index (χ3n) is 4.48. The quantitative estimate of drug-likeness (QED) is 0.735. The summed E-state index contributed by atoms with van der Waals surface area (Å²) in [5, 5.41) is 0.299. The molecule has 1 aliphatic heterocycles. The molecule has 1 aromatic carbocycles. The van der Waals surface area contributed by atoms with Crippen LogP contribution in [0, 0.1) is 6.92 Å². The molecule has 1 aliphatic rings. The number of rotatable bonds is 6. The first-order valence-electron chi connectivity index (χ1n) is 9.04. The lowest BCUT2D eigenvalue weighted by Gasteiger charge is -2.32. The molecule has 1 N–H and O–H groups in total. The minimum Gasteiger partial charge on any atom is -0.490 e. The lowest BCUT2D eigenvalue weighted by atomic mass is 10.1. The molecule has 0 radical (unpaired) electrons. The van der Waals surface area contributed by atoms with Crippen molar-refractivity contribution in [3.8, 4) is 5.75 Å². The number of nitrogens with zero attached hydrogens (tertiary/aromatic N) is 1. The van der Waals surface area contributed by atoms with Crippen LogP contribution in [0.4, 0.5) is 0 Å². The highest BCUT2D eigenvalue weighted by Crippen LogP contribution is 2.19. The second-order valence-corrected chi connectivity index (χ2v) is 8.91. The monoisotopic (exact) mass is 440 g/mol. The van der Waals surface area contributed by atoms with Crippen molar-refractivity contribution in [3.05, 3.63) is 57.6 Å². The lowest BCUT2D eigenvalue weighted by Crippen LogP contribution is -2.46. The van der Waals surface area contributed by atoms with Gasteiger partial charge in [-0.3, -0.25) is 4.79 Å². The van der Waals surface area contributed by atoms with Gasteiger partial charge in [-0.05, 0) is 25.1 Å². The summed E-state index contributed by atoms with van der Waals surface area (Å²) in [7, 11) is -3.82. The Hall–Kier alpha value is -2.36. The highest BCUT2D eigenvalue weighted by atomic mass is 35.5. The highest BCUT2D eigenvalue weighted by molar-refractivity contribution is 7.89. The number of sulfonamides is 1. The van der Waals surface area contributed by atoms with Crippen LogP contribution < -0.4 is 15.1 Å². The minimum absolute atomic E-state index is 0.00698. The average molecular weight is 441 g/mol. The van der Waals surface area contributed by atoms with Crippen molar-refractivity contribution in [2.45, 2.75) is 30.8 Å². The number of ether oxygens (including phenoxy) is 1. The van der Waals surface area contributed by atoms with E-state index in [1.807, 2.05) is 0 Å². The van der Waals surface area contributed by atoms with Crippen molar-refractivity contribution in [1.29, 1.82) is 0 Å². The van der Waals surface area contributed by atoms with Gasteiger partial charge in [0.15, 0.2) is 0 Å². The molecule has 0 unspecified atom stereocenters. The summed E-state index contributed by atoms with van der Waals surface area (Å²) in [6, 6.07) is 8.76. The van der Waals surface area contributed by atoms with Crippen LogP contribution in [0.3, 0.4) is 0 Å². The van der Waals surface area contributed by atoms with Crippen LogP contribution in [0.25, 0.3) is 0 Å². The van der Waals surface area contributed by atoms with Crippen molar-refractivity contribution in [1.82, 2.24) is 9.62 Å². The Morgan fingerprint density at radius 1 is 1.28 bits per heavy atom. The van der Waals surface area contributed by atoms with Crippen molar-refractivity contribution in [2.24, 2.45) is 0 Å². The number of carbonyl (C=O) groups is 1. The number of amides is 1. The maximum Gasteiger partial charge on any atom is 0.339 e. The maximum absolute atomic E-state index is 12.4. The fourth-order valence-electron chi connectivity index (χ4n) is 3.05. The van der Waals surface area contributed by atoms with Gasteiger partial charge >= 0.3 is 5.63 Å². The summed E-state index contributed by atoms with van der Waals surface area (Å²) in [6.07, 6.45) is 1.02. The second kappa shape index (κ2) is 8.98. The van der Waals surface area contributed by atoms with Crippen molar-refractivity contribution in [2.75, 3.05) is 19.6 Å². The molecule has 156 valence electrons. The van der Waals surface area contributed by atoms with E-state index in [2.05, 4.69) is 4.72 Å². The SMILES string of the molecule is Cc1cc(OC2CCN(C(=O)CNS(=O)(=O)c3cccc(Cl)c3)CC2)cc(=O)o1. The van der Waals surface area contributed by atoms with Crippen molar-refractivity contribution >= 4 is 27.5 Å². The lowest BCUT2D eigenvalue weighted by molar-refractivity contribution is -0.131. The molecule has 1 fully saturated rings. The topological polar surface area (TPSA) is 106 Å². The number of piperidine rings is 1. The van der Waals surface area contributed by atoms with Crippen LogP contribution in [0.2, 0.25) is 5.02 Å². The molecule has 1 amide bonds. The molecule has 2 aromatic rings. The summed E-state index contributed by atoms with van der Waals surface area (Å²) < 4.78 is 37.6. The molecule has 3 rings (SSSR count). The predicted octanol–water partition coefficient (Wildman–Crippen LogP) is 1.95. The van der Waals surface area contributed by atoms with Gasteiger partial charge in [0.2, 0.25) is 15.9 Å². The third-order valence-corrected chi connectivity index (χ3v) is 6.12. The molecular weight excluding hydrogens is 420 g/mol. The van der Waals surface area contributed by atoms with Crippen LogP contribution in [0.1, 0.15) is 18.6 Å². The first-order chi connectivity index (χ1) is 13.7. The molecule has 1 aromatic heterocycles. The predicted molar refractivity (Wildman–Crippen MR) is 107 cm³/mol. The highest BCUT2D eigenvalue weighted by Gasteiger charge is 2.25. The van der Waals surface area contributed by atoms with E-state index in [-0.39, 0.29) is 23.5 Å². The number of hydrogen-bond donors (Lipinski definition) is 1. The summed E-state index contributed by atoms with van der Waals surface area (Å²) in [6.45, 7) is 2.20. The Morgan fingerprint density at radius 3 is 2.66 bits per heavy atom. The van der Waals surface area contributed by atoms with E-state index < -0.39 is 15.6 Å². The average Bonchev–Trinajstić information content (AvgIpc) is 2.66. The molecule has 0 bridgehead atoms. The summed E-state index contributed by atoms with van der Waals surface area (Å²) >= 11 is 5.82. The van der Waals surface area contributed by atoms with Crippen LogP contribution in [-0.4, -0.2) is 45.0 Å². The Kier molecular flexibility index (Phi) is 6.61. The van der Waals surface area contributed by atoms with Crippen LogP contribution in [0.15, 0.2) is 50.5 Å². The second-order valence-electron chi connectivity index (χ2n) is 6.70. The van der Waals surface area contributed by atoms with Gasteiger partial charge in [0.25, 0.3) is 0 Å². The van der Waals surface area contributed by atoms with E-state index in [0.717, 1.165) is 0 Å². The molecular formula is C19H21ClN2O6S. The summed E-state index contributed by atoms with van der Waals surface area (Å²) in [5.41, 5.74) is -0.473. The van der Waals surface area contributed by atoms with E-state index in [1.165, 1.54) is 24.3 Å². The van der Waals surface area contributed by atoms with Gasteiger partial charge in [0.1, 0.15) is 17.6 Å². The molecule has 0 spiro atoms. The van der Waals surface area contributed by atoms with Gasteiger partial charge in [-0.25, -0.2) is 17.9 Å². The molecule has 0 saturated carbocycles. The maximum atomic E-state index is 12.4. The van der Waals surface area contributed by atoms with Gasteiger partial charge in [-0.1, -0.05) is 17.7 Å². The first-order valence-corrected chi connectivity index (χ1v) is 10.9. The fraction of sp³-hybridized carbons (Fsp3) is 0.368. The number of benzene rings is 1. The van der Waals surface area contributed by atoms with Gasteiger partial charge < -0.3 is 14.1 Å². The van der Waals surface area contributed by atoms with Gasteiger partial charge in [0, 0.05) is 37.0 Å². The Balaban J connectivity index is 1.50. The molecule has 29 heavy (non-hydrogen) atoms. The Morgan fingerprint density at radius 2 is 2.00 bits per heavy atom. The van der Waals surface area contributed by atoms with Crippen LogP contribution in [0.5, 0.6) is 5.75 Å². The van der Waals surface area contributed by atoms with E-state index in [9.17, 15) is 18.0 Å². The van der Waals surface area contributed by atoms with Gasteiger partial charge in [-0.15, -0.1) is 0 Å². The molecule has 0 aliphatic carbocycles. The van der Waals surface area contributed by atoms with Crippen LogP contribution in [-0.2, 0) is 14.8 Å². The number of nitrogens with one attached hydrogen (secondary N) is 1. The van der Waals surface area contributed by atoms with E-state index in [4.69, 9.17) is 20.8 Å². The number of likely N-dealkylation sites (tertiary alicyclic amines) is 1. The van der Waals surface area contributed by atoms with E-state index in [0.29, 0.717) is 42.5 Å². The molecule has 10 heteroatoms. The number of aryl methyl sites for hydroxylation is 1. The molecule has 0 atom stereocenters. The normalized spacial score (nSPS) is 15.3. The first kappa shape index (κ1) is 21.4. The summed E-state index contributed by atoms with van der Waals surface area (Å²) in [5.74, 6) is 0.593. The van der Waals surface area contributed by atoms with Gasteiger partial charge in [-0.2, -0.15) is 0 Å². The van der Waals surface area contributed by atoms with Gasteiger partial charge in [0.05, 0.1) is 17.5 Å². The fourth-order valence-corrected chi connectivity index (χ4v) is 4.32. The molecule has 1 saturated heterocycles. The number of hydrogen-bond acceptors (Lipinski definition) is 6. The zero-order valence-electron chi connectivity index (χ0n) is 15.8. The zero-order chi connectivity index (χ0) is 21.0.